The minimum Gasteiger partial charge on any atom is -0.457 e. The molecule has 0 unspecified atom stereocenters. The van der Waals surface area contributed by atoms with E-state index >= 15 is 0 Å². The zero-order chi connectivity index (χ0) is 18.5. The molecule has 1 aliphatic rings. The van der Waals surface area contributed by atoms with Crippen LogP contribution in [-0.4, -0.2) is 29.8 Å². The number of piperidine rings is 1. The lowest BCUT2D eigenvalue weighted by Crippen LogP contribution is -2.44. The normalized spacial score (nSPS) is 16.6. The molecule has 0 bridgehead atoms. The number of nitriles is 1. The lowest BCUT2D eigenvalue weighted by atomic mass is 9.97. The number of carbonyl (C=O) groups excluding carboxylic acids is 2. The van der Waals surface area contributed by atoms with Crippen LogP contribution >= 0.6 is 0 Å². The maximum Gasteiger partial charge on any atom is 0.254 e. The van der Waals surface area contributed by atoms with Gasteiger partial charge in [-0.3, -0.25) is 9.59 Å². The first-order valence-corrected chi connectivity index (χ1v) is 8.43. The van der Waals surface area contributed by atoms with Gasteiger partial charge in [0.25, 0.3) is 5.91 Å². The van der Waals surface area contributed by atoms with Crippen molar-refractivity contribution in [1.82, 2.24) is 4.90 Å². The largest absolute Gasteiger partial charge is 0.457 e. The number of nitrogens with two attached hydrogens (primary N) is 1. The van der Waals surface area contributed by atoms with Crippen molar-refractivity contribution >= 4 is 11.8 Å². The minimum atomic E-state index is -0.361. The molecule has 0 saturated carbocycles. The molecule has 2 amide bonds. The molecular weight excluding hydrogens is 330 g/mol. The summed E-state index contributed by atoms with van der Waals surface area (Å²) in [6.45, 7) is 0.970. The summed E-state index contributed by atoms with van der Waals surface area (Å²) in [5.41, 5.74) is 6.43. The van der Waals surface area contributed by atoms with E-state index in [-0.39, 0.29) is 17.7 Å². The third kappa shape index (κ3) is 4.01. The molecular formula is C20H19N3O3. The molecule has 3 rings (SSSR count). The van der Waals surface area contributed by atoms with Crippen LogP contribution in [0.25, 0.3) is 0 Å². The summed E-state index contributed by atoms with van der Waals surface area (Å²) < 4.78 is 5.76. The Morgan fingerprint density at radius 2 is 1.92 bits per heavy atom. The van der Waals surface area contributed by atoms with Gasteiger partial charge in [0.05, 0.1) is 17.6 Å². The van der Waals surface area contributed by atoms with Gasteiger partial charge in [0.15, 0.2) is 0 Å². The second-order valence-corrected chi connectivity index (χ2v) is 6.26. The number of carbonyl (C=O) groups is 2. The fourth-order valence-electron chi connectivity index (χ4n) is 3.00. The van der Waals surface area contributed by atoms with Crippen molar-refractivity contribution in [2.45, 2.75) is 12.8 Å². The average Bonchev–Trinajstić information content (AvgIpc) is 2.68. The van der Waals surface area contributed by atoms with Gasteiger partial charge in [0.1, 0.15) is 11.5 Å². The van der Waals surface area contributed by atoms with Gasteiger partial charge >= 0.3 is 0 Å². The van der Waals surface area contributed by atoms with Gasteiger partial charge in [-0.2, -0.15) is 5.26 Å². The van der Waals surface area contributed by atoms with Crippen molar-refractivity contribution in [3.8, 4) is 17.6 Å². The lowest BCUT2D eigenvalue weighted by Gasteiger charge is -2.31. The highest BCUT2D eigenvalue weighted by Gasteiger charge is 2.27. The van der Waals surface area contributed by atoms with E-state index in [0.29, 0.717) is 35.7 Å². The molecule has 0 aliphatic carbocycles. The molecule has 0 radical (unpaired) electrons. The predicted molar refractivity (Wildman–Crippen MR) is 95.5 cm³/mol. The molecule has 132 valence electrons. The van der Waals surface area contributed by atoms with Crippen LogP contribution in [-0.2, 0) is 4.79 Å². The van der Waals surface area contributed by atoms with Crippen LogP contribution < -0.4 is 10.5 Å². The smallest absolute Gasteiger partial charge is 0.254 e. The van der Waals surface area contributed by atoms with E-state index in [1.807, 2.05) is 0 Å². The van der Waals surface area contributed by atoms with Gasteiger partial charge in [-0.25, -0.2) is 0 Å². The minimum absolute atomic E-state index is 0.138. The number of rotatable bonds is 4. The Kier molecular flexibility index (Phi) is 5.18. The van der Waals surface area contributed by atoms with E-state index < -0.39 is 0 Å². The van der Waals surface area contributed by atoms with Gasteiger partial charge in [0.2, 0.25) is 5.91 Å². The molecule has 1 heterocycles. The topological polar surface area (TPSA) is 96.4 Å². The third-order valence-corrected chi connectivity index (χ3v) is 4.41. The Balaban J connectivity index is 1.72. The van der Waals surface area contributed by atoms with E-state index in [1.54, 1.807) is 53.4 Å². The van der Waals surface area contributed by atoms with Gasteiger partial charge in [-0.1, -0.05) is 6.07 Å². The summed E-state index contributed by atoms with van der Waals surface area (Å²) in [5, 5.41) is 8.83. The molecule has 26 heavy (non-hydrogen) atoms. The zero-order valence-electron chi connectivity index (χ0n) is 14.2. The van der Waals surface area contributed by atoms with Crippen LogP contribution in [0.2, 0.25) is 0 Å². The Bertz CT molecular complexity index is 855. The SMILES string of the molecule is N#Cc1ccc(Oc2cccc(C(=O)N3CCC[C@@H](C(N)=O)C3)c2)cc1. The number of nitrogens with zero attached hydrogens (tertiary/aromatic N) is 2. The van der Waals surface area contributed by atoms with Crippen LogP contribution in [0, 0.1) is 17.2 Å². The molecule has 0 spiro atoms. The number of amides is 2. The fourth-order valence-corrected chi connectivity index (χ4v) is 3.00. The highest BCUT2D eigenvalue weighted by atomic mass is 16.5. The average molecular weight is 349 g/mol. The number of ether oxygens (including phenoxy) is 1. The van der Waals surface area contributed by atoms with Gasteiger partial charge < -0.3 is 15.4 Å². The summed E-state index contributed by atoms with van der Waals surface area (Å²) >= 11 is 0. The fraction of sp³-hybridized carbons (Fsp3) is 0.250. The van der Waals surface area contributed by atoms with Gasteiger partial charge in [-0.05, 0) is 55.3 Å². The molecule has 2 N–H and O–H groups in total. The number of benzene rings is 2. The second-order valence-electron chi connectivity index (χ2n) is 6.26. The molecule has 2 aromatic carbocycles. The third-order valence-electron chi connectivity index (χ3n) is 4.41. The molecule has 6 nitrogen and oxygen atoms in total. The number of likely N-dealkylation sites (tertiary alicyclic amines) is 1. The van der Waals surface area contributed by atoms with Crippen molar-refractivity contribution in [3.05, 3.63) is 59.7 Å². The van der Waals surface area contributed by atoms with Crippen LogP contribution in [0.4, 0.5) is 0 Å². The second kappa shape index (κ2) is 7.70. The Morgan fingerprint density at radius 1 is 1.15 bits per heavy atom. The maximum atomic E-state index is 12.7. The van der Waals surface area contributed by atoms with E-state index in [0.717, 1.165) is 12.8 Å². The first-order chi connectivity index (χ1) is 12.6. The maximum absolute atomic E-state index is 12.7. The van der Waals surface area contributed by atoms with E-state index in [9.17, 15) is 9.59 Å². The van der Waals surface area contributed by atoms with Crippen molar-refractivity contribution in [2.24, 2.45) is 11.7 Å². The van der Waals surface area contributed by atoms with Crippen molar-refractivity contribution in [3.63, 3.8) is 0 Å². The monoisotopic (exact) mass is 349 g/mol. The summed E-state index contributed by atoms with van der Waals surface area (Å²) in [6.07, 6.45) is 1.49. The molecule has 2 aromatic rings. The van der Waals surface area contributed by atoms with Crippen LogP contribution in [0.3, 0.4) is 0 Å². The number of hydrogen-bond donors (Lipinski definition) is 1. The Labute approximate surface area is 151 Å². The van der Waals surface area contributed by atoms with E-state index in [2.05, 4.69) is 6.07 Å². The first kappa shape index (κ1) is 17.5. The van der Waals surface area contributed by atoms with Crippen LogP contribution in [0.15, 0.2) is 48.5 Å². The molecule has 1 fully saturated rings. The summed E-state index contributed by atoms with van der Waals surface area (Å²) in [7, 11) is 0. The Hall–Kier alpha value is -3.33. The first-order valence-electron chi connectivity index (χ1n) is 8.43. The number of hydrogen-bond acceptors (Lipinski definition) is 4. The van der Waals surface area contributed by atoms with Gasteiger partial charge in [-0.15, -0.1) is 0 Å². The van der Waals surface area contributed by atoms with Gasteiger partial charge in [0, 0.05) is 18.7 Å². The Morgan fingerprint density at radius 3 is 2.62 bits per heavy atom. The predicted octanol–water partition coefficient (Wildman–Crippen LogP) is 2.69. The standard InChI is InChI=1S/C20H19N3O3/c21-12-14-6-8-17(9-7-14)26-18-5-1-3-15(11-18)20(25)23-10-2-4-16(13-23)19(22)24/h1,3,5-9,11,16H,2,4,10,13H2,(H2,22,24)/t16-/m1/s1. The molecule has 6 heteroatoms. The van der Waals surface area contributed by atoms with E-state index in [1.165, 1.54) is 0 Å². The molecule has 1 atom stereocenters. The molecule has 1 aliphatic heterocycles. The summed E-state index contributed by atoms with van der Waals surface area (Å²) in [6, 6.07) is 15.7. The van der Waals surface area contributed by atoms with Crippen molar-refractivity contribution in [1.29, 1.82) is 5.26 Å². The highest BCUT2D eigenvalue weighted by Crippen LogP contribution is 2.24. The van der Waals surface area contributed by atoms with Crippen molar-refractivity contribution in [2.75, 3.05) is 13.1 Å². The molecule has 1 saturated heterocycles. The van der Waals surface area contributed by atoms with Crippen LogP contribution in [0.5, 0.6) is 11.5 Å². The highest BCUT2D eigenvalue weighted by molar-refractivity contribution is 5.95. The number of primary amides is 1. The van der Waals surface area contributed by atoms with E-state index in [4.69, 9.17) is 15.7 Å². The zero-order valence-corrected chi connectivity index (χ0v) is 14.2. The lowest BCUT2D eigenvalue weighted by molar-refractivity contribution is -0.123. The van der Waals surface area contributed by atoms with Crippen LogP contribution in [0.1, 0.15) is 28.8 Å². The van der Waals surface area contributed by atoms with Crippen molar-refractivity contribution < 1.29 is 14.3 Å². The summed E-state index contributed by atoms with van der Waals surface area (Å²) in [4.78, 5) is 25.8. The quantitative estimate of drug-likeness (QED) is 0.918. The molecule has 0 aromatic heterocycles. The summed E-state index contributed by atoms with van der Waals surface area (Å²) in [5.74, 6) is 0.330.